The molecular formula is C30H48O3. The summed E-state index contributed by atoms with van der Waals surface area (Å²) in [7, 11) is 0. The summed E-state index contributed by atoms with van der Waals surface area (Å²) in [6.45, 7) is 18.8. The van der Waals surface area contributed by atoms with Gasteiger partial charge in [0.25, 0.3) is 0 Å². The molecule has 0 aromatic heterocycles. The molecule has 0 amide bonds. The largest absolute Gasteiger partial charge is 0.481 e. The summed E-state index contributed by atoms with van der Waals surface area (Å²) in [5.41, 5.74) is 1.36. The van der Waals surface area contributed by atoms with E-state index in [1.165, 1.54) is 44.1 Å². The van der Waals surface area contributed by atoms with Gasteiger partial charge in [-0.3, -0.25) is 4.79 Å². The maximum Gasteiger partial charge on any atom is 0.312 e. The van der Waals surface area contributed by atoms with Crippen molar-refractivity contribution in [1.29, 1.82) is 0 Å². The van der Waals surface area contributed by atoms with Crippen molar-refractivity contribution in [3.05, 3.63) is 12.2 Å². The summed E-state index contributed by atoms with van der Waals surface area (Å²) in [4.78, 5) is 12.5. The third kappa shape index (κ3) is 2.70. The molecule has 5 aliphatic carbocycles. The number of aliphatic hydroxyl groups is 1. The number of rotatable bonds is 2. The lowest BCUT2D eigenvalue weighted by molar-refractivity contribution is -0.253. The van der Waals surface area contributed by atoms with E-state index in [9.17, 15) is 15.0 Å². The highest BCUT2D eigenvalue weighted by Crippen LogP contribution is 2.78. The molecular weight excluding hydrogens is 408 g/mol. The van der Waals surface area contributed by atoms with Crippen molar-refractivity contribution in [3.8, 4) is 0 Å². The van der Waals surface area contributed by atoms with Crippen LogP contribution in [0, 0.1) is 56.7 Å². The van der Waals surface area contributed by atoms with E-state index in [4.69, 9.17) is 0 Å². The Morgan fingerprint density at radius 3 is 1.88 bits per heavy atom. The maximum atomic E-state index is 12.5. The molecule has 0 unspecified atom stereocenters. The summed E-state index contributed by atoms with van der Waals surface area (Å²) in [6.07, 6.45) is 10.8. The Kier molecular flexibility index (Phi) is 5.15. The van der Waals surface area contributed by atoms with Crippen LogP contribution in [0.5, 0.6) is 0 Å². The van der Waals surface area contributed by atoms with Crippen LogP contribution in [0.25, 0.3) is 0 Å². The van der Waals surface area contributed by atoms with Crippen molar-refractivity contribution in [1.82, 2.24) is 0 Å². The van der Waals surface area contributed by atoms with Crippen LogP contribution in [-0.2, 0) is 4.79 Å². The van der Waals surface area contributed by atoms with E-state index in [0.717, 1.165) is 31.1 Å². The first-order valence-corrected chi connectivity index (χ1v) is 13.8. The predicted molar refractivity (Wildman–Crippen MR) is 133 cm³/mol. The van der Waals surface area contributed by atoms with Gasteiger partial charge in [-0.2, -0.15) is 0 Å². The van der Waals surface area contributed by atoms with Crippen LogP contribution in [-0.4, -0.2) is 22.3 Å². The van der Waals surface area contributed by atoms with Gasteiger partial charge in [-0.05, 0) is 129 Å². The zero-order chi connectivity index (χ0) is 24.2. The zero-order valence-electron chi connectivity index (χ0n) is 22.0. The van der Waals surface area contributed by atoms with Gasteiger partial charge in [0, 0.05) is 0 Å². The fourth-order valence-electron chi connectivity index (χ4n) is 11.7. The van der Waals surface area contributed by atoms with Gasteiger partial charge in [0.15, 0.2) is 0 Å². The van der Waals surface area contributed by atoms with Gasteiger partial charge in [0.1, 0.15) is 0 Å². The molecule has 33 heavy (non-hydrogen) atoms. The quantitative estimate of drug-likeness (QED) is 0.436. The standard InChI is InChI=1S/C30H48O3/c1-18(2)19-10-14-26(3)20(19)11-16-28(5)21(26)8-9-22-27(4)15-13-24(31)30(7,25(32)33)23(27)12-17-29(22,28)6/h19-24,31H,1,8-17H2,2-7H3,(H,32,33)/t19-,20+,21-,22-,23-,24+,26+,27-,28-,29-,30+/m1/s1. The van der Waals surface area contributed by atoms with Crippen LogP contribution >= 0.6 is 0 Å². The molecule has 186 valence electrons. The topological polar surface area (TPSA) is 57.5 Å². The molecule has 0 saturated heterocycles. The highest BCUT2D eigenvalue weighted by Gasteiger charge is 2.72. The van der Waals surface area contributed by atoms with E-state index in [1.807, 2.05) is 6.92 Å². The van der Waals surface area contributed by atoms with E-state index < -0.39 is 17.5 Å². The average Bonchev–Trinajstić information content (AvgIpc) is 3.09. The number of aliphatic carboxylic acids is 1. The Bertz CT molecular complexity index is 865. The number of fused-ring (bicyclic) bond motifs is 7. The molecule has 0 radical (unpaired) electrons. The van der Waals surface area contributed by atoms with Gasteiger partial charge in [-0.15, -0.1) is 0 Å². The van der Waals surface area contributed by atoms with Gasteiger partial charge in [0.05, 0.1) is 11.5 Å². The number of carboxylic acid groups (broad SMARTS) is 1. The normalized spacial score (nSPS) is 57.9. The first kappa shape index (κ1) is 23.9. The lowest BCUT2D eigenvalue weighted by Crippen LogP contribution is -2.68. The van der Waals surface area contributed by atoms with E-state index in [1.54, 1.807) is 0 Å². The third-order valence-electron chi connectivity index (χ3n) is 13.7. The van der Waals surface area contributed by atoms with Crippen molar-refractivity contribution < 1.29 is 15.0 Å². The fraction of sp³-hybridized carbons (Fsp3) is 0.900. The lowest BCUT2D eigenvalue weighted by Gasteiger charge is -2.73. The van der Waals surface area contributed by atoms with Crippen LogP contribution in [0.4, 0.5) is 0 Å². The Morgan fingerprint density at radius 1 is 0.758 bits per heavy atom. The molecule has 0 bridgehead atoms. The van der Waals surface area contributed by atoms with Crippen LogP contribution in [0.3, 0.4) is 0 Å². The van der Waals surface area contributed by atoms with Gasteiger partial charge in [-0.1, -0.05) is 39.8 Å². The van der Waals surface area contributed by atoms with Crippen LogP contribution < -0.4 is 0 Å². The second-order valence-corrected chi connectivity index (χ2v) is 14.4. The average molecular weight is 457 g/mol. The molecule has 0 aromatic rings. The molecule has 3 heteroatoms. The summed E-state index contributed by atoms with van der Waals surface area (Å²) >= 11 is 0. The Balaban J connectivity index is 1.53. The van der Waals surface area contributed by atoms with Crippen LogP contribution in [0.1, 0.15) is 106 Å². The van der Waals surface area contributed by atoms with Crippen LogP contribution in [0.2, 0.25) is 0 Å². The second kappa shape index (κ2) is 7.11. The number of carbonyl (C=O) groups is 1. The Hall–Kier alpha value is -0.830. The van der Waals surface area contributed by atoms with Crippen molar-refractivity contribution >= 4 is 5.97 Å². The van der Waals surface area contributed by atoms with E-state index in [0.29, 0.717) is 29.1 Å². The number of hydrogen-bond acceptors (Lipinski definition) is 2. The summed E-state index contributed by atoms with van der Waals surface area (Å²) < 4.78 is 0. The third-order valence-corrected chi connectivity index (χ3v) is 13.7. The van der Waals surface area contributed by atoms with Crippen molar-refractivity contribution in [2.45, 2.75) is 112 Å². The molecule has 11 atom stereocenters. The minimum Gasteiger partial charge on any atom is -0.481 e. The predicted octanol–water partition coefficient (Wildman–Crippen LogP) is 7.09. The zero-order valence-corrected chi connectivity index (χ0v) is 22.0. The second-order valence-electron chi connectivity index (χ2n) is 14.4. The van der Waals surface area contributed by atoms with E-state index in [2.05, 4.69) is 41.2 Å². The molecule has 0 aromatic carbocycles. The molecule has 3 nitrogen and oxygen atoms in total. The van der Waals surface area contributed by atoms with E-state index in [-0.39, 0.29) is 16.7 Å². The maximum absolute atomic E-state index is 12.5. The van der Waals surface area contributed by atoms with Crippen molar-refractivity contribution in [2.75, 3.05) is 0 Å². The van der Waals surface area contributed by atoms with Crippen molar-refractivity contribution in [3.63, 3.8) is 0 Å². The monoisotopic (exact) mass is 456 g/mol. The minimum absolute atomic E-state index is 0.00101. The first-order valence-electron chi connectivity index (χ1n) is 13.8. The number of aliphatic hydroxyl groups excluding tert-OH is 1. The Morgan fingerprint density at radius 2 is 1.30 bits per heavy atom. The Labute approximate surface area is 201 Å². The highest BCUT2D eigenvalue weighted by molar-refractivity contribution is 5.76. The summed E-state index contributed by atoms with van der Waals surface area (Å²) in [5.74, 6) is 2.08. The SMILES string of the molecule is C=C(C)[C@H]1CC[C@]2(C)[C@H]3CC[C@@H]4[C@@]5(C)CC[C@H](O)[C@@](C)(C(=O)O)[C@@H]5CC[C@@]4(C)[C@]3(C)CC[C@@H]12. The van der Waals surface area contributed by atoms with Gasteiger partial charge in [0.2, 0.25) is 0 Å². The highest BCUT2D eigenvalue weighted by atomic mass is 16.4. The molecule has 0 aliphatic heterocycles. The summed E-state index contributed by atoms with van der Waals surface area (Å²) in [6, 6.07) is 0. The van der Waals surface area contributed by atoms with Gasteiger partial charge >= 0.3 is 5.97 Å². The van der Waals surface area contributed by atoms with Crippen LogP contribution in [0.15, 0.2) is 12.2 Å². The first-order chi connectivity index (χ1) is 15.3. The number of carboxylic acids is 1. The molecule has 2 N–H and O–H groups in total. The molecule has 5 saturated carbocycles. The molecule has 5 fully saturated rings. The van der Waals surface area contributed by atoms with Gasteiger partial charge in [-0.25, -0.2) is 0 Å². The fourth-order valence-corrected chi connectivity index (χ4v) is 11.7. The molecule has 0 spiro atoms. The number of hydrogen-bond donors (Lipinski definition) is 2. The molecule has 0 heterocycles. The molecule has 5 rings (SSSR count). The number of allylic oxidation sites excluding steroid dienone is 1. The molecule has 5 aliphatic rings. The minimum atomic E-state index is -1.02. The van der Waals surface area contributed by atoms with Crippen molar-refractivity contribution in [2.24, 2.45) is 56.7 Å². The summed E-state index contributed by atoms with van der Waals surface area (Å²) in [5, 5.41) is 21.1. The van der Waals surface area contributed by atoms with E-state index >= 15 is 0 Å². The lowest BCUT2D eigenvalue weighted by atomic mass is 9.31. The smallest absolute Gasteiger partial charge is 0.312 e. The van der Waals surface area contributed by atoms with Gasteiger partial charge < -0.3 is 10.2 Å².